The Bertz CT molecular complexity index is 1240. The van der Waals surface area contributed by atoms with E-state index in [4.69, 9.17) is 13.9 Å². The molecule has 2 heterocycles. The second kappa shape index (κ2) is 10.7. The maximum atomic E-state index is 12.8. The predicted molar refractivity (Wildman–Crippen MR) is 136 cm³/mol. The molecule has 1 fully saturated rings. The highest BCUT2D eigenvalue weighted by atomic mass is 16.6. The van der Waals surface area contributed by atoms with Crippen LogP contribution in [0.5, 0.6) is 5.75 Å². The van der Waals surface area contributed by atoms with Crippen LogP contribution in [0.25, 0.3) is 27.7 Å². The lowest BCUT2D eigenvalue weighted by Crippen LogP contribution is -2.46. The molecule has 1 N–H and O–H groups in total. The Balaban J connectivity index is 1.55. The zero-order valence-corrected chi connectivity index (χ0v) is 20.7. The van der Waals surface area contributed by atoms with Crippen molar-refractivity contribution in [1.29, 1.82) is 0 Å². The second-order valence-electron chi connectivity index (χ2n) is 8.77. The molecule has 0 aliphatic carbocycles. The summed E-state index contributed by atoms with van der Waals surface area (Å²) in [6.07, 6.45) is 4.48. The van der Waals surface area contributed by atoms with Crippen molar-refractivity contribution < 1.29 is 23.5 Å². The van der Waals surface area contributed by atoms with E-state index in [9.17, 15) is 9.59 Å². The molecular weight excluding hydrogens is 444 g/mol. The molecule has 184 valence electrons. The summed E-state index contributed by atoms with van der Waals surface area (Å²) in [4.78, 5) is 26.4. The SMILES string of the molecule is CCOC(=O)N1CCC(NC(=O)/C=C(\C)c2cc3c(-c4ccccc4)coc3c(C)c2OC)CC1. The summed E-state index contributed by atoms with van der Waals surface area (Å²) in [5, 5.41) is 4.05. The number of benzene rings is 2. The van der Waals surface area contributed by atoms with Crippen molar-refractivity contribution in [3.63, 3.8) is 0 Å². The lowest BCUT2D eigenvalue weighted by Gasteiger charge is -2.31. The van der Waals surface area contributed by atoms with Gasteiger partial charge in [0.15, 0.2) is 0 Å². The lowest BCUT2D eigenvalue weighted by atomic mass is 9.96. The van der Waals surface area contributed by atoms with Crippen LogP contribution in [-0.2, 0) is 9.53 Å². The number of nitrogens with zero attached hydrogens (tertiary/aromatic N) is 1. The van der Waals surface area contributed by atoms with E-state index in [2.05, 4.69) is 5.32 Å². The van der Waals surface area contributed by atoms with Gasteiger partial charge in [-0.05, 0) is 50.8 Å². The Morgan fingerprint density at radius 2 is 1.91 bits per heavy atom. The van der Waals surface area contributed by atoms with Gasteiger partial charge >= 0.3 is 6.09 Å². The number of piperidine rings is 1. The van der Waals surface area contributed by atoms with Gasteiger partial charge in [-0.2, -0.15) is 0 Å². The first-order valence-electron chi connectivity index (χ1n) is 12.0. The topological polar surface area (TPSA) is 81.0 Å². The highest BCUT2D eigenvalue weighted by Gasteiger charge is 2.24. The number of nitrogens with one attached hydrogen (secondary N) is 1. The largest absolute Gasteiger partial charge is 0.496 e. The van der Waals surface area contributed by atoms with Gasteiger partial charge in [0.25, 0.3) is 0 Å². The van der Waals surface area contributed by atoms with E-state index in [-0.39, 0.29) is 18.0 Å². The Labute approximate surface area is 205 Å². The summed E-state index contributed by atoms with van der Waals surface area (Å²) in [5.74, 6) is 0.531. The number of methoxy groups -OCH3 is 1. The number of likely N-dealkylation sites (tertiary alicyclic amines) is 1. The normalized spacial score (nSPS) is 14.7. The molecule has 2 amide bonds. The Morgan fingerprint density at radius 1 is 1.20 bits per heavy atom. The van der Waals surface area contributed by atoms with E-state index >= 15 is 0 Å². The van der Waals surface area contributed by atoms with Crippen LogP contribution in [0.15, 0.2) is 53.2 Å². The number of carbonyl (C=O) groups excluding carboxylic acids is 2. The molecule has 0 spiro atoms. The molecule has 0 saturated carbocycles. The summed E-state index contributed by atoms with van der Waals surface area (Å²) >= 11 is 0. The number of fused-ring (bicyclic) bond motifs is 1. The quantitative estimate of drug-likeness (QED) is 0.471. The van der Waals surface area contributed by atoms with Crippen LogP contribution in [0.4, 0.5) is 4.79 Å². The molecule has 1 saturated heterocycles. The van der Waals surface area contributed by atoms with Gasteiger partial charge in [0.1, 0.15) is 11.3 Å². The van der Waals surface area contributed by atoms with Gasteiger partial charge in [0.2, 0.25) is 5.91 Å². The van der Waals surface area contributed by atoms with Gasteiger partial charge in [-0.1, -0.05) is 30.3 Å². The van der Waals surface area contributed by atoms with Crippen LogP contribution in [0.3, 0.4) is 0 Å². The maximum Gasteiger partial charge on any atom is 0.409 e. The number of carbonyl (C=O) groups is 2. The van der Waals surface area contributed by atoms with Crippen molar-refractivity contribution in [1.82, 2.24) is 10.2 Å². The molecule has 1 aromatic heterocycles. The van der Waals surface area contributed by atoms with E-state index in [0.29, 0.717) is 38.3 Å². The fraction of sp³-hybridized carbons (Fsp3) is 0.357. The molecule has 0 bridgehead atoms. The van der Waals surface area contributed by atoms with Crippen molar-refractivity contribution in [2.75, 3.05) is 26.8 Å². The Morgan fingerprint density at radius 3 is 2.57 bits per heavy atom. The molecule has 2 aromatic carbocycles. The minimum atomic E-state index is -0.292. The zero-order valence-electron chi connectivity index (χ0n) is 20.7. The number of rotatable bonds is 6. The molecule has 0 unspecified atom stereocenters. The number of ether oxygens (including phenoxy) is 2. The molecule has 1 aliphatic heterocycles. The van der Waals surface area contributed by atoms with Crippen molar-refractivity contribution in [2.45, 2.75) is 39.7 Å². The molecular formula is C28H32N2O5. The third-order valence-corrected chi connectivity index (χ3v) is 6.47. The summed E-state index contributed by atoms with van der Waals surface area (Å²) < 4.78 is 16.7. The Hall–Kier alpha value is -3.74. The average Bonchev–Trinajstić information content (AvgIpc) is 3.29. The minimum Gasteiger partial charge on any atom is -0.496 e. The first-order valence-corrected chi connectivity index (χ1v) is 12.0. The average molecular weight is 477 g/mol. The van der Waals surface area contributed by atoms with Gasteiger partial charge < -0.3 is 24.1 Å². The minimum absolute atomic E-state index is 0.0156. The summed E-state index contributed by atoms with van der Waals surface area (Å²) in [6.45, 7) is 7.17. The molecule has 7 heteroatoms. The monoisotopic (exact) mass is 476 g/mol. The van der Waals surface area contributed by atoms with Crippen molar-refractivity contribution in [2.24, 2.45) is 0 Å². The zero-order chi connectivity index (χ0) is 24.9. The predicted octanol–water partition coefficient (Wildman–Crippen LogP) is 5.56. The van der Waals surface area contributed by atoms with Crippen LogP contribution in [0, 0.1) is 6.92 Å². The number of furan rings is 1. The van der Waals surface area contributed by atoms with Crippen molar-refractivity contribution in [3.05, 3.63) is 59.9 Å². The van der Waals surface area contributed by atoms with Gasteiger partial charge in [-0.25, -0.2) is 4.79 Å². The highest BCUT2D eigenvalue weighted by molar-refractivity contribution is 6.01. The maximum absolute atomic E-state index is 12.8. The first-order chi connectivity index (χ1) is 16.9. The second-order valence-corrected chi connectivity index (χ2v) is 8.77. The van der Waals surface area contributed by atoms with Crippen LogP contribution in [0.2, 0.25) is 0 Å². The van der Waals surface area contributed by atoms with Gasteiger partial charge in [0, 0.05) is 47.3 Å². The fourth-order valence-corrected chi connectivity index (χ4v) is 4.65. The summed E-state index contributed by atoms with van der Waals surface area (Å²) in [5.41, 5.74) is 5.38. The third-order valence-electron chi connectivity index (χ3n) is 6.47. The molecule has 3 aromatic rings. The van der Waals surface area contributed by atoms with Crippen molar-refractivity contribution >= 4 is 28.5 Å². The van der Waals surface area contributed by atoms with Crippen LogP contribution < -0.4 is 10.1 Å². The van der Waals surface area contributed by atoms with Gasteiger partial charge in [-0.3, -0.25) is 4.79 Å². The van der Waals surface area contributed by atoms with Crippen LogP contribution in [-0.4, -0.2) is 49.7 Å². The van der Waals surface area contributed by atoms with Crippen LogP contribution in [0.1, 0.15) is 37.8 Å². The summed E-state index contributed by atoms with van der Waals surface area (Å²) in [6, 6.07) is 12.1. The van der Waals surface area contributed by atoms with Crippen LogP contribution >= 0.6 is 0 Å². The highest BCUT2D eigenvalue weighted by Crippen LogP contribution is 2.40. The third kappa shape index (κ3) is 5.19. The molecule has 4 rings (SSSR count). The standard InChI is InChI=1S/C28H32N2O5/c1-5-34-28(32)30-13-11-21(12-14-30)29-25(31)15-18(2)22-16-23-24(20-9-7-6-8-10-20)17-35-27(23)19(3)26(22)33-4/h6-10,15-17,21H,5,11-14H2,1-4H3,(H,29,31)/b18-15+. The Kier molecular flexibility index (Phi) is 7.44. The smallest absolute Gasteiger partial charge is 0.409 e. The number of hydrogen-bond donors (Lipinski definition) is 1. The van der Waals surface area contributed by atoms with E-state index in [1.807, 2.05) is 50.2 Å². The van der Waals surface area contributed by atoms with E-state index in [1.54, 1.807) is 31.3 Å². The van der Waals surface area contributed by atoms with E-state index in [0.717, 1.165) is 38.8 Å². The molecule has 7 nitrogen and oxygen atoms in total. The number of hydrogen-bond acceptors (Lipinski definition) is 5. The molecule has 0 radical (unpaired) electrons. The number of amides is 2. The summed E-state index contributed by atoms with van der Waals surface area (Å²) in [7, 11) is 1.63. The number of aryl methyl sites for hydroxylation is 1. The van der Waals surface area contributed by atoms with Gasteiger partial charge in [-0.15, -0.1) is 0 Å². The number of allylic oxidation sites excluding steroid dienone is 1. The van der Waals surface area contributed by atoms with Gasteiger partial charge in [0.05, 0.1) is 20.0 Å². The van der Waals surface area contributed by atoms with E-state index < -0.39 is 0 Å². The molecule has 35 heavy (non-hydrogen) atoms. The fourth-order valence-electron chi connectivity index (χ4n) is 4.65. The van der Waals surface area contributed by atoms with Crippen molar-refractivity contribution in [3.8, 4) is 16.9 Å². The first kappa shape index (κ1) is 24.4. The molecule has 0 atom stereocenters. The lowest BCUT2D eigenvalue weighted by molar-refractivity contribution is -0.117. The molecule has 1 aliphatic rings. The van der Waals surface area contributed by atoms with E-state index in [1.165, 1.54) is 0 Å².